The van der Waals surface area contributed by atoms with Gasteiger partial charge in [0.2, 0.25) is 0 Å². The molecular formula is C25H27NO5S. The standard InChI is InChI=1S/C25H27NO5S/c1-4-15-6-8-19-21(12-15)32-24(22(19)25(28)30-5-2)26-23(27)16-10-11-31-20-9-7-18(29-3)14-17(20)13-16/h7,9-11,13-15H,4-6,8,12H2,1-3H3,(H,26,27)/t15-/m1/s1. The smallest absolute Gasteiger partial charge is 0.341 e. The molecule has 2 heterocycles. The quantitative estimate of drug-likeness (QED) is 0.595. The van der Waals surface area contributed by atoms with Crippen molar-refractivity contribution < 1.29 is 23.8 Å². The van der Waals surface area contributed by atoms with E-state index in [0.717, 1.165) is 36.8 Å². The van der Waals surface area contributed by atoms with Crippen LogP contribution in [0.15, 0.2) is 36.1 Å². The molecule has 1 aromatic carbocycles. The summed E-state index contributed by atoms with van der Waals surface area (Å²) in [5.41, 5.74) is 2.69. The Morgan fingerprint density at radius 1 is 1.28 bits per heavy atom. The Hall–Kier alpha value is -3.06. The van der Waals surface area contributed by atoms with E-state index in [1.165, 1.54) is 22.5 Å². The van der Waals surface area contributed by atoms with Gasteiger partial charge in [0.05, 0.1) is 25.5 Å². The number of thiophene rings is 1. The SMILES string of the molecule is CCOC(=O)c1c(NC(=O)C2=Cc3cc(OC)ccc3OC=C2)sc2c1CC[C@@H](CC)C2. The molecule has 1 aliphatic carbocycles. The van der Waals surface area contributed by atoms with Gasteiger partial charge >= 0.3 is 5.97 Å². The molecule has 2 aliphatic rings. The molecule has 2 aromatic rings. The van der Waals surface area contributed by atoms with Gasteiger partial charge in [-0.1, -0.05) is 13.3 Å². The van der Waals surface area contributed by atoms with Gasteiger partial charge in [-0.3, -0.25) is 4.79 Å². The number of esters is 1. The first-order chi connectivity index (χ1) is 15.5. The Labute approximate surface area is 191 Å². The maximum Gasteiger partial charge on any atom is 0.341 e. The number of hydrogen-bond acceptors (Lipinski definition) is 6. The normalized spacial score (nSPS) is 16.7. The van der Waals surface area contributed by atoms with Crippen molar-refractivity contribution in [2.45, 2.75) is 39.5 Å². The van der Waals surface area contributed by atoms with Gasteiger partial charge < -0.3 is 19.5 Å². The monoisotopic (exact) mass is 453 g/mol. The topological polar surface area (TPSA) is 73.9 Å². The highest BCUT2D eigenvalue weighted by atomic mass is 32.1. The number of hydrogen-bond donors (Lipinski definition) is 1. The summed E-state index contributed by atoms with van der Waals surface area (Å²) >= 11 is 1.49. The molecule has 32 heavy (non-hydrogen) atoms. The van der Waals surface area contributed by atoms with Crippen molar-refractivity contribution in [1.29, 1.82) is 0 Å². The van der Waals surface area contributed by atoms with Gasteiger partial charge in [-0.2, -0.15) is 0 Å². The van der Waals surface area contributed by atoms with Crippen molar-refractivity contribution in [2.75, 3.05) is 19.0 Å². The summed E-state index contributed by atoms with van der Waals surface area (Å²) in [6.07, 6.45) is 8.77. The van der Waals surface area contributed by atoms with Gasteiger partial charge in [0.25, 0.3) is 5.91 Å². The summed E-state index contributed by atoms with van der Waals surface area (Å²) in [6.45, 7) is 4.27. The lowest BCUT2D eigenvalue weighted by Gasteiger charge is -2.20. The van der Waals surface area contributed by atoms with E-state index in [1.807, 2.05) is 6.07 Å². The Balaban J connectivity index is 1.66. The minimum Gasteiger partial charge on any atom is -0.497 e. The van der Waals surface area contributed by atoms with Crippen LogP contribution in [-0.4, -0.2) is 25.6 Å². The van der Waals surface area contributed by atoms with Crippen LogP contribution in [0.5, 0.6) is 11.5 Å². The number of ether oxygens (including phenoxy) is 3. The van der Waals surface area contributed by atoms with E-state index in [-0.39, 0.29) is 18.5 Å². The molecule has 1 amide bonds. The Morgan fingerprint density at radius 3 is 2.88 bits per heavy atom. The predicted molar refractivity (Wildman–Crippen MR) is 125 cm³/mol. The van der Waals surface area contributed by atoms with Crippen molar-refractivity contribution in [3.8, 4) is 11.5 Å². The third kappa shape index (κ3) is 4.43. The maximum absolute atomic E-state index is 13.2. The number of methoxy groups -OCH3 is 1. The van der Waals surface area contributed by atoms with E-state index in [4.69, 9.17) is 14.2 Å². The molecule has 0 bridgehead atoms. The third-order valence-electron chi connectivity index (χ3n) is 5.88. The van der Waals surface area contributed by atoms with E-state index in [9.17, 15) is 9.59 Å². The van der Waals surface area contributed by atoms with Crippen LogP contribution in [0.4, 0.5) is 5.00 Å². The van der Waals surface area contributed by atoms with E-state index < -0.39 is 0 Å². The van der Waals surface area contributed by atoms with Crippen LogP contribution in [0.1, 0.15) is 53.1 Å². The molecule has 4 rings (SSSR count). The molecule has 1 N–H and O–H groups in total. The number of amides is 1. The molecular weight excluding hydrogens is 426 g/mol. The van der Waals surface area contributed by atoms with Gasteiger partial charge in [-0.25, -0.2) is 4.79 Å². The molecule has 7 heteroatoms. The summed E-state index contributed by atoms with van der Waals surface area (Å²) in [4.78, 5) is 27.1. The Kier molecular flexibility index (Phi) is 6.65. The van der Waals surface area contributed by atoms with Crippen LogP contribution in [0, 0.1) is 5.92 Å². The zero-order valence-corrected chi connectivity index (χ0v) is 19.3. The Bertz CT molecular complexity index is 1100. The van der Waals surface area contributed by atoms with Crippen molar-refractivity contribution in [1.82, 2.24) is 0 Å². The number of fused-ring (bicyclic) bond motifs is 2. The minimum atomic E-state index is -0.376. The van der Waals surface area contributed by atoms with Crippen LogP contribution in [0.25, 0.3) is 6.08 Å². The highest BCUT2D eigenvalue weighted by Crippen LogP contribution is 2.41. The second-order valence-electron chi connectivity index (χ2n) is 7.82. The summed E-state index contributed by atoms with van der Waals surface area (Å²) < 4.78 is 16.2. The molecule has 1 aliphatic heterocycles. The number of benzene rings is 1. The predicted octanol–water partition coefficient (Wildman–Crippen LogP) is 5.38. The first-order valence-electron chi connectivity index (χ1n) is 10.9. The largest absolute Gasteiger partial charge is 0.497 e. The van der Waals surface area contributed by atoms with Crippen molar-refractivity contribution in [2.24, 2.45) is 5.92 Å². The zero-order valence-electron chi connectivity index (χ0n) is 18.5. The lowest BCUT2D eigenvalue weighted by molar-refractivity contribution is -0.112. The summed E-state index contributed by atoms with van der Waals surface area (Å²) in [5.74, 6) is 1.23. The van der Waals surface area contributed by atoms with E-state index >= 15 is 0 Å². The lowest BCUT2D eigenvalue weighted by atomic mass is 9.85. The highest BCUT2D eigenvalue weighted by molar-refractivity contribution is 7.17. The van der Waals surface area contributed by atoms with Crippen molar-refractivity contribution in [3.63, 3.8) is 0 Å². The molecule has 1 aromatic heterocycles. The highest BCUT2D eigenvalue weighted by Gasteiger charge is 2.30. The number of carbonyl (C=O) groups is 2. The van der Waals surface area contributed by atoms with Gasteiger partial charge in [-0.15, -0.1) is 11.3 Å². The van der Waals surface area contributed by atoms with Gasteiger partial charge in [0.15, 0.2) is 0 Å². The molecule has 0 radical (unpaired) electrons. The fraction of sp³-hybridized carbons (Fsp3) is 0.360. The van der Waals surface area contributed by atoms with Gasteiger partial charge in [0, 0.05) is 16.0 Å². The van der Waals surface area contributed by atoms with Crippen LogP contribution in [0.3, 0.4) is 0 Å². The summed E-state index contributed by atoms with van der Waals surface area (Å²) in [6, 6.07) is 5.41. The number of nitrogens with one attached hydrogen (secondary N) is 1. The van der Waals surface area contributed by atoms with Crippen LogP contribution in [-0.2, 0) is 22.4 Å². The number of anilines is 1. The second-order valence-corrected chi connectivity index (χ2v) is 8.93. The fourth-order valence-electron chi connectivity index (χ4n) is 4.10. The number of carbonyl (C=O) groups excluding carboxylic acids is 2. The molecule has 0 spiro atoms. The van der Waals surface area contributed by atoms with E-state index in [2.05, 4.69) is 12.2 Å². The Morgan fingerprint density at radius 2 is 2.12 bits per heavy atom. The first-order valence-corrected chi connectivity index (χ1v) is 11.7. The van der Waals surface area contributed by atoms with Crippen molar-refractivity contribution in [3.05, 3.63) is 57.7 Å². The maximum atomic E-state index is 13.2. The molecule has 0 saturated heterocycles. The molecule has 0 unspecified atom stereocenters. The van der Waals surface area contributed by atoms with Gasteiger partial charge in [0.1, 0.15) is 16.5 Å². The summed E-state index contributed by atoms with van der Waals surface area (Å²) in [7, 11) is 1.59. The van der Waals surface area contributed by atoms with Crippen LogP contribution < -0.4 is 14.8 Å². The lowest BCUT2D eigenvalue weighted by Crippen LogP contribution is -2.17. The van der Waals surface area contributed by atoms with E-state index in [0.29, 0.717) is 33.6 Å². The van der Waals surface area contributed by atoms with Gasteiger partial charge in [-0.05, 0) is 68.0 Å². The van der Waals surface area contributed by atoms with Crippen molar-refractivity contribution >= 4 is 34.3 Å². The second kappa shape index (κ2) is 9.61. The first kappa shape index (κ1) is 22.1. The minimum absolute atomic E-state index is 0.290. The summed E-state index contributed by atoms with van der Waals surface area (Å²) in [5, 5.41) is 3.53. The molecule has 0 saturated carbocycles. The molecule has 168 valence electrons. The third-order valence-corrected chi connectivity index (χ3v) is 7.05. The molecule has 6 nitrogen and oxygen atoms in total. The molecule has 0 fully saturated rings. The number of rotatable bonds is 6. The van der Waals surface area contributed by atoms with E-state index in [1.54, 1.807) is 38.3 Å². The van der Waals surface area contributed by atoms with Crippen LogP contribution in [0.2, 0.25) is 0 Å². The van der Waals surface area contributed by atoms with Crippen LogP contribution >= 0.6 is 11.3 Å². The average Bonchev–Trinajstić information content (AvgIpc) is 3.01. The molecule has 1 atom stereocenters. The fourth-order valence-corrected chi connectivity index (χ4v) is 5.44. The zero-order chi connectivity index (χ0) is 22.7. The average molecular weight is 454 g/mol.